The second-order valence-corrected chi connectivity index (χ2v) is 10.4. The van der Waals surface area contributed by atoms with E-state index in [4.69, 9.17) is 25.8 Å². The molecule has 36 heavy (non-hydrogen) atoms. The zero-order valence-corrected chi connectivity index (χ0v) is 21.8. The van der Waals surface area contributed by atoms with Crippen LogP contribution in [-0.4, -0.2) is 42.5 Å². The Hall–Kier alpha value is -2.51. The number of hydrogen-bond acceptors (Lipinski definition) is 5. The van der Waals surface area contributed by atoms with E-state index in [0.717, 1.165) is 59.5 Å². The molecule has 4 aliphatic rings. The zero-order valence-electron chi connectivity index (χ0n) is 20.2. The highest BCUT2D eigenvalue weighted by molar-refractivity contribution is 6.31. The molecule has 2 aromatic carbocycles. The van der Waals surface area contributed by atoms with Crippen LogP contribution in [0, 0.1) is 11.8 Å². The molecule has 190 valence electrons. The summed E-state index contributed by atoms with van der Waals surface area (Å²) in [6.07, 6.45) is 4.90. The average Bonchev–Trinajstić information content (AvgIpc) is 3.34. The third kappa shape index (κ3) is 4.10. The van der Waals surface area contributed by atoms with Crippen LogP contribution in [0.2, 0.25) is 5.02 Å². The number of nitrogens with zero attached hydrogens (tertiary/aromatic N) is 2. The molecule has 3 fully saturated rings. The van der Waals surface area contributed by atoms with Crippen molar-refractivity contribution in [3.63, 3.8) is 0 Å². The van der Waals surface area contributed by atoms with E-state index < -0.39 is 6.10 Å². The van der Waals surface area contributed by atoms with Crippen molar-refractivity contribution in [3.05, 3.63) is 71.4 Å². The molecular weight excluding hydrogens is 499 g/mol. The van der Waals surface area contributed by atoms with Gasteiger partial charge in [0.2, 0.25) is 6.79 Å². The van der Waals surface area contributed by atoms with Crippen LogP contribution in [0.3, 0.4) is 0 Å². The van der Waals surface area contributed by atoms with Gasteiger partial charge in [-0.1, -0.05) is 17.7 Å². The van der Waals surface area contributed by atoms with Gasteiger partial charge >= 0.3 is 0 Å². The number of aromatic nitrogens is 1. The van der Waals surface area contributed by atoms with Gasteiger partial charge in [-0.3, -0.25) is 4.98 Å². The minimum atomic E-state index is -0.894. The van der Waals surface area contributed by atoms with Gasteiger partial charge in [0.05, 0.1) is 36.8 Å². The smallest absolute Gasteiger partial charge is 0.231 e. The van der Waals surface area contributed by atoms with E-state index >= 15 is 0 Å². The summed E-state index contributed by atoms with van der Waals surface area (Å²) in [5.41, 5.74) is 2.60. The molecule has 3 saturated heterocycles. The third-order valence-corrected chi connectivity index (χ3v) is 8.69. The molecule has 8 heteroatoms. The van der Waals surface area contributed by atoms with E-state index in [2.05, 4.69) is 17.6 Å². The number of ether oxygens (including phenoxy) is 3. The molecule has 0 spiro atoms. The maximum absolute atomic E-state index is 14.4. The standard InChI is InChI=1S/C28H29ClN2O4.ClH/c1-3-17-14-31(15-19-11-26-27(13-23(19)29)35-16-34-26)9-7-18(17)10-25(31)28(32)21-6-8-30-24-5-4-20(33-2)12-22(21)24;/h3-6,8,11-13,17-18,25,28H,1,7,9-10,14-16H2,2H3;1H/t17?,18?,25?,28-,31?;/m1./s1. The molecule has 1 aromatic heterocycles. The Labute approximate surface area is 222 Å². The number of quaternary nitrogens is 1. The Kier molecular flexibility index (Phi) is 6.81. The molecule has 0 N–H and O–H groups in total. The summed E-state index contributed by atoms with van der Waals surface area (Å²) >= 11 is 6.72. The minimum Gasteiger partial charge on any atom is -0.844 e. The molecule has 0 saturated carbocycles. The Morgan fingerprint density at radius 2 is 2.06 bits per heavy atom. The van der Waals surface area contributed by atoms with Gasteiger partial charge in [0.1, 0.15) is 12.3 Å². The van der Waals surface area contributed by atoms with Crippen LogP contribution >= 0.6 is 24.0 Å². The van der Waals surface area contributed by atoms with Crippen molar-refractivity contribution in [2.24, 2.45) is 11.8 Å². The highest BCUT2D eigenvalue weighted by atomic mass is 35.5. The van der Waals surface area contributed by atoms with Crippen molar-refractivity contribution in [1.29, 1.82) is 0 Å². The summed E-state index contributed by atoms with van der Waals surface area (Å²) in [7, 11) is 1.64. The molecule has 7 rings (SSSR count). The summed E-state index contributed by atoms with van der Waals surface area (Å²) in [4.78, 5) is 4.49. The second kappa shape index (κ2) is 9.75. The SMILES string of the molecule is C=CC1C[N+]2(Cc3cc4c(cc3Cl)OCO4)CCC1CC2[C@H]([O-])c1ccnc2ccc(OC)cc12.Cl. The van der Waals surface area contributed by atoms with E-state index in [1.807, 2.05) is 36.4 Å². The average molecular weight is 529 g/mol. The monoisotopic (exact) mass is 528 g/mol. The van der Waals surface area contributed by atoms with Gasteiger partial charge in [0.25, 0.3) is 0 Å². The first-order valence-corrected chi connectivity index (χ1v) is 12.5. The highest BCUT2D eigenvalue weighted by Gasteiger charge is 2.52. The molecule has 3 aromatic rings. The molecule has 0 radical (unpaired) electrons. The molecule has 2 bridgehead atoms. The predicted molar refractivity (Wildman–Crippen MR) is 140 cm³/mol. The normalized spacial score (nSPS) is 26.9. The molecule has 6 nitrogen and oxygen atoms in total. The predicted octanol–water partition coefficient (Wildman–Crippen LogP) is 5.06. The summed E-state index contributed by atoms with van der Waals surface area (Å²) in [5.74, 6) is 3.01. The van der Waals surface area contributed by atoms with Gasteiger partial charge in [0, 0.05) is 42.0 Å². The van der Waals surface area contributed by atoms with Crippen LogP contribution < -0.4 is 19.3 Å². The highest BCUT2D eigenvalue weighted by Crippen LogP contribution is 2.48. The fourth-order valence-electron chi connectivity index (χ4n) is 6.51. The first kappa shape index (κ1) is 25.2. The molecule has 5 heterocycles. The molecular formula is C28H30Cl2N2O4. The summed E-state index contributed by atoms with van der Waals surface area (Å²) in [5, 5.41) is 15.9. The molecule has 4 unspecified atom stereocenters. The lowest BCUT2D eigenvalue weighted by Crippen LogP contribution is -2.68. The lowest BCUT2D eigenvalue weighted by molar-refractivity contribution is -0.990. The molecule has 0 aliphatic carbocycles. The van der Waals surface area contributed by atoms with Gasteiger partial charge in [-0.15, -0.1) is 19.0 Å². The lowest BCUT2D eigenvalue weighted by Gasteiger charge is -2.60. The Morgan fingerprint density at radius 1 is 1.25 bits per heavy atom. The minimum absolute atomic E-state index is 0. The number of piperidine rings is 3. The number of pyridine rings is 1. The summed E-state index contributed by atoms with van der Waals surface area (Å²) < 4.78 is 17.3. The number of methoxy groups -OCH3 is 1. The number of benzene rings is 2. The van der Waals surface area contributed by atoms with Crippen LogP contribution in [0.15, 0.2) is 55.3 Å². The fraction of sp³-hybridized carbons (Fsp3) is 0.393. The van der Waals surface area contributed by atoms with Crippen LogP contribution in [0.5, 0.6) is 17.2 Å². The quantitative estimate of drug-likeness (QED) is 0.330. The van der Waals surface area contributed by atoms with E-state index in [-0.39, 0.29) is 25.2 Å². The van der Waals surface area contributed by atoms with Crippen molar-refractivity contribution >= 4 is 34.9 Å². The van der Waals surface area contributed by atoms with Crippen LogP contribution in [0.1, 0.15) is 30.1 Å². The van der Waals surface area contributed by atoms with Crippen LogP contribution in [-0.2, 0) is 6.54 Å². The van der Waals surface area contributed by atoms with Gasteiger partial charge in [0.15, 0.2) is 11.5 Å². The van der Waals surface area contributed by atoms with Gasteiger partial charge in [-0.25, -0.2) is 0 Å². The van der Waals surface area contributed by atoms with Crippen LogP contribution in [0.4, 0.5) is 0 Å². The van der Waals surface area contributed by atoms with Crippen molar-refractivity contribution in [2.75, 3.05) is 27.0 Å². The summed E-state index contributed by atoms with van der Waals surface area (Å²) in [6.45, 7) is 6.86. The van der Waals surface area contributed by atoms with E-state index in [1.54, 1.807) is 13.3 Å². The number of fused-ring (bicyclic) bond motifs is 5. The molecule has 5 atom stereocenters. The zero-order chi connectivity index (χ0) is 24.2. The Morgan fingerprint density at radius 3 is 2.83 bits per heavy atom. The van der Waals surface area contributed by atoms with Gasteiger partial charge in [-0.2, -0.15) is 0 Å². The number of rotatable bonds is 6. The summed E-state index contributed by atoms with van der Waals surface area (Å²) in [6, 6.07) is 11.4. The lowest BCUT2D eigenvalue weighted by atomic mass is 9.71. The van der Waals surface area contributed by atoms with Gasteiger partial charge in [-0.05, 0) is 47.9 Å². The number of hydrogen-bond donors (Lipinski definition) is 0. The maximum Gasteiger partial charge on any atom is 0.231 e. The van der Waals surface area contributed by atoms with Gasteiger partial charge < -0.3 is 23.8 Å². The Balaban J connectivity index is 0.00000267. The van der Waals surface area contributed by atoms with Crippen molar-refractivity contribution < 1.29 is 23.8 Å². The van der Waals surface area contributed by atoms with Crippen LogP contribution in [0.25, 0.3) is 10.9 Å². The van der Waals surface area contributed by atoms with E-state index in [9.17, 15) is 5.11 Å². The Bertz CT molecular complexity index is 1300. The van der Waals surface area contributed by atoms with Crippen molar-refractivity contribution in [1.82, 2.24) is 4.98 Å². The van der Waals surface area contributed by atoms with E-state index in [0.29, 0.717) is 33.6 Å². The molecule has 0 amide bonds. The third-order valence-electron chi connectivity index (χ3n) is 8.34. The largest absolute Gasteiger partial charge is 0.844 e. The first-order chi connectivity index (χ1) is 17.0. The fourth-order valence-corrected chi connectivity index (χ4v) is 6.73. The topological polar surface area (TPSA) is 63.6 Å². The first-order valence-electron chi connectivity index (χ1n) is 12.2. The second-order valence-electron chi connectivity index (χ2n) is 10.0. The number of halogens is 2. The van der Waals surface area contributed by atoms with E-state index in [1.165, 1.54) is 0 Å². The maximum atomic E-state index is 14.4. The molecule has 4 aliphatic heterocycles. The van der Waals surface area contributed by atoms with Crippen molar-refractivity contribution in [3.8, 4) is 17.2 Å². The van der Waals surface area contributed by atoms with Crippen molar-refractivity contribution in [2.45, 2.75) is 31.5 Å².